The summed E-state index contributed by atoms with van der Waals surface area (Å²) in [6, 6.07) is 3.41. The van der Waals surface area contributed by atoms with E-state index in [2.05, 4.69) is 11.4 Å². The smallest absolute Gasteiger partial charge is 0.224 e. The lowest BCUT2D eigenvalue weighted by Crippen LogP contribution is -2.33. The van der Waals surface area contributed by atoms with Crippen molar-refractivity contribution >= 4 is 5.91 Å². The molecular formula is C16H23NO3. The van der Waals surface area contributed by atoms with Gasteiger partial charge in [0.2, 0.25) is 5.91 Å². The molecule has 1 aliphatic carbocycles. The summed E-state index contributed by atoms with van der Waals surface area (Å²) in [5, 5.41) is 12.9. The molecule has 110 valence electrons. The van der Waals surface area contributed by atoms with E-state index in [4.69, 9.17) is 4.42 Å². The van der Waals surface area contributed by atoms with Crippen LogP contribution in [0.15, 0.2) is 34.5 Å². The predicted octanol–water partition coefficient (Wildman–Crippen LogP) is 3.10. The highest BCUT2D eigenvalue weighted by Gasteiger charge is 2.17. The van der Waals surface area contributed by atoms with Gasteiger partial charge in [0.15, 0.2) is 0 Å². The monoisotopic (exact) mass is 277 g/mol. The highest BCUT2D eigenvalue weighted by Crippen LogP contribution is 2.21. The SMILES string of the molecule is CC(CC(O)c1ccco1)NC(=O)CC1=CCCCC1. The second-order valence-corrected chi connectivity index (χ2v) is 5.52. The van der Waals surface area contributed by atoms with Crippen molar-refractivity contribution in [2.24, 2.45) is 0 Å². The highest BCUT2D eigenvalue weighted by molar-refractivity contribution is 5.78. The average molecular weight is 277 g/mol. The molecule has 4 nitrogen and oxygen atoms in total. The van der Waals surface area contributed by atoms with Crippen LogP contribution < -0.4 is 5.32 Å². The van der Waals surface area contributed by atoms with Gasteiger partial charge in [-0.15, -0.1) is 0 Å². The van der Waals surface area contributed by atoms with Gasteiger partial charge in [0.1, 0.15) is 11.9 Å². The Balaban J connectivity index is 1.74. The Morgan fingerprint density at radius 1 is 1.50 bits per heavy atom. The standard InChI is InChI=1S/C16H23NO3/c1-12(10-14(18)15-8-5-9-20-15)17-16(19)11-13-6-3-2-4-7-13/h5-6,8-9,12,14,18H,2-4,7,10-11H2,1H3,(H,17,19). The second kappa shape index (κ2) is 7.29. The summed E-state index contributed by atoms with van der Waals surface area (Å²) < 4.78 is 5.15. The molecule has 1 aliphatic rings. The summed E-state index contributed by atoms with van der Waals surface area (Å²) in [6.07, 6.45) is 8.55. The fraction of sp³-hybridized carbons (Fsp3) is 0.562. The van der Waals surface area contributed by atoms with Gasteiger partial charge in [-0.25, -0.2) is 0 Å². The van der Waals surface area contributed by atoms with Crippen LogP contribution in [0.3, 0.4) is 0 Å². The van der Waals surface area contributed by atoms with E-state index in [9.17, 15) is 9.90 Å². The fourth-order valence-electron chi connectivity index (χ4n) is 2.59. The number of aliphatic hydroxyl groups excluding tert-OH is 1. The highest BCUT2D eigenvalue weighted by atomic mass is 16.4. The zero-order valence-electron chi connectivity index (χ0n) is 12.0. The summed E-state index contributed by atoms with van der Waals surface area (Å²) >= 11 is 0. The average Bonchev–Trinajstić information content (AvgIpc) is 2.93. The van der Waals surface area contributed by atoms with Gasteiger partial charge in [0.25, 0.3) is 0 Å². The van der Waals surface area contributed by atoms with Crippen molar-refractivity contribution < 1.29 is 14.3 Å². The Morgan fingerprint density at radius 2 is 2.35 bits per heavy atom. The van der Waals surface area contributed by atoms with E-state index in [1.807, 2.05) is 6.92 Å². The van der Waals surface area contributed by atoms with E-state index in [1.54, 1.807) is 12.1 Å². The molecular weight excluding hydrogens is 254 g/mol. The topological polar surface area (TPSA) is 62.5 Å². The van der Waals surface area contributed by atoms with Crippen LogP contribution >= 0.6 is 0 Å². The molecule has 4 heteroatoms. The number of allylic oxidation sites excluding steroid dienone is 1. The Kier molecular flexibility index (Phi) is 5.41. The maximum absolute atomic E-state index is 11.9. The molecule has 1 heterocycles. The van der Waals surface area contributed by atoms with Gasteiger partial charge in [-0.05, 0) is 44.7 Å². The molecule has 0 fully saturated rings. The molecule has 20 heavy (non-hydrogen) atoms. The van der Waals surface area contributed by atoms with Crippen LogP contribution in [0.2, 0.25) is 0 Å². The van der Waals surface area contributed by atoms with Crippen molar-refractivity contribution in [3.05, 3.63) is 35.8 Å². The first-order valence-corrected chi connectivity index (χ1v) is 7.34. The summed E-state index contributed by atoms with van der Waals surface area (Å²) in [5.74, 6) is 0.582. The van der Waals surface area contributed by atoms with Crippen LogP contribution in [0.4, 0.5) is 0 Å². The van der Waals surface area contributed by atoms with Crippen LogP contribution in [0.25, 0.3) is 0 Å². The largest absolute Gasteiger partial charge is 0.467 e. The number of carbonyl (C=O) groups excluding carboxylic acids is 1. The summed E-state index contributed by atoms with van der Waals surface area (Å²) in [4.78, 5) is 11.9. The minimum absolute atomic E-state index is 0.0392. The molecule has 1 amide bonds. The van der Waals surface area contributed by atoms with Crippen LogP contribution in [0, 0.1) is 0 Å². The van der Waals surface area contributed by atoms with Gasteiger partial charge in [-0.2, -0.15) is 0 Å². The van der Waals surface area contributed by atoms with Crippen molar-refractivity contribution in [3.8, 4) is 0 Å². The van der Waals surface area contributed by atoms with Crippen LogP contribution in [-0.2, 0) is 4.79 Å². The maximum atomic E-state index is 11.9. The van der Waals surface area contributed by atoms with Crippen LogP contribution in [-0.4, -0.2) is 17.1 Å². The molecule has 2 N–H and O–H groups in total. The summed E-state index contributed by atoms with van der Waals surface area (Å²) in [5.41, 5.74) is 1.24. The Hall–Kier alpha value is -1.55. The third-order valence-electron chi connectivity index (χ3n) is 3.63. The number of aliphatic hydroxyl groups is 1. The molecule has 1 aromatic heterocycles. The molecule has 0 spiro atoms. The molecule has 2 atom stereocenters. The van der Waals surface area contributed by atoms with E-state index in [1.165, 1.54) is 24.7 Å². The first kappa shape index (κ1) is 14.9. The summed E-state index contributed by atoms with van der Waals surface area (Å²) in [6.45, 7) is 1.90. The van der Waals surface area contributed by atoms with E-state index in [0.717, 1.165) is 12.8 Å². The lowest BCUT2D eigenvalue weighted by atomic mass is 9.97. The molecule has 2 rings (SSSR count). The number of hydrogen-bond acceptors (Lipinski definition) is 3. The van der Waals surface area contributed by atoms with Gasteiger partial charge >= 0.3 is 0 Å². The number of hydrogen-bond donors (Lipinski definition) is 2. The van der Waals surface area contributed by atoms with Crippen LogP contribution in [0.5, 0.6) is 0 Å². The van der Waals surface area contributed by atoms with Gasteiger partial charge < -0.3 is 14.8 Å². The van der Waals surface area contributed by atoms with Crippen molar-refractivity contribution in [1.82, 2.24) is 5.32 Å². The summed E-state index contributed by atoms with van der Waals surface area (Å²) in [7, 11) is 0. The number of nitrogens with one attached hydrogen (secondary N) is 1. The number of furan rings is 1. The van der Waals surface area contributed by atoms with Crippen molar-refractivity contribution in [1.29, 1.82) is 0 Å². The number of rotatable bonds is 6. The number of amides is 1. The van der Waals surface area contributed by atoms with Crippen molar-refractivity contribution in [3.63, 3.8) is 0 Å². The minimum atomic E-state index is -0.672. The first-order chi connectivity index (χ1) is 9.65. The van der Waals surface area contributed by atoms with Gasteiger partial charge in [0, 0.05) is 18.9 Å². The van der Waals surface area contributed by atoms with E-state index in [0.29, 0.717) is 18.6 Å². The molecule has 0 aliphatic heterocycles. The third-order valence-corrected chi connectivity index (χ3v) is 3.63. The Morgan fingerprint density at radius 3 is 3.00 bits per heavy atom. The molecule has 1 aromatic rings. The Labute approximate surface area is 119 Å². The van der Waals surface area contributed by atoms with Crippen molar-refractivity contribution in [2.75, 3.05) is 0 Å². The molecule has 0 bridgehead atoms. The van der Waals surface area contributed by atoms with Gasteiger partial charge in [-0.3, -0.25) is 4.79 Å². The third kappa shape index (κ3) is 4.53. The lowest BCUT2D eigenvalue weighted by molar-refractivity contribution is -0.121. The first-order valence-electron chi connectivity index (χ1n) is 7.34. The fourth-order valence-corrected chi connectivity index (χ4v) is 2.59. The van der Waals surface area contributed by atoms with E-state index < -0.39 is 6.10 Å². The second-order valence-electron chi connectivity index (χ2n) is 5.52. The number of carbonyl (C=O) groups is 1. The van der Waals surface area contributed by atoms with E-state index in [-0.39, 0.29) is 11.9 Å². The lowest BCUT2D eigenvalue weighted by Gasteiger charge is -2.18. The predicted molar refractivity (Wildman–Crippen MR) is 77.1 cm³/mol. The molecule has 0 saturated heterocycles. The molecule has 0 radical (unpaired) electrons. The normalized spacial score (nSPS) is 18.2. The van der Waals surface area contributed by atoms with Gasteiger partial charge in [-0.1, -0.05) is 11.6 Å². The quantitative estimate of drug-likeness (QED) is 0.785. The zero-order chi connectivity index (χ0) is 14.4. The minimum Gasteiger partial charge on any atom is -0.467 e. The van der Waals surface area contributed by atoms with Crippen LogP contribution in [0.1, 0.15) is 57.3 Å². The Bertz CT molecular complexity index is 450. The van der Waals surface area contributed by atoms with E-state index >= 15 is 0 Å². The molecule has 0 aromatic carbocycles. The zero-order valence-corrected chi connectivity index (χ0v) is 12.0. The van der Waals surface area contributed by atoms with Crippen molar-refractivity contribution in [2.45, 2.75) is 57.6 Å². The maximum Gasteiger partial charge on any atom is 0.224 e. The van der Waals surface area contributed by atoms with Gasteiger partial charge in [0.05, 0.1) is 6.26 Å². The molecule has 0 saturated carbocycles. The molecule has 2 unspecified atom stereocenters.